The summed E-state index contributed by atoms with van der Waals surface area (Å²) in [6, 6.07) is 12.1. The van der Waals surface area contributed by atoms with Gasteiger partial charge in [0.05, 0.1) is 10.0 Å². The zero-order valence-corrected chi connectivity index (χ0v) is 18.2. The van der Waals surface area contributed by atoms with E-state index in [1.165, 1.54) is 24.0 Å². The largest absolute Gasteiger partial charge is 0.489 e. The second-order valence-corrected chi connectivity index (χ2v) is 8.47. The molecule has 1 heterocycles. The van der Waals surface area contributed by atoms with Crippen molar-refractivity contribution in [2.75, 3.05) is 20.2 Å². The van der Waals surface area contributed by atoms with Crippen molar-refractivity contribution in [3.63, 3.8) is 0 Å². The van der Waals surface area contributed by atoms with Crippen molar-refractivity contribution in [3.8, 4) is 5.75 Å². The SMILES string of the molecule is CO.O=CCCCN1Cc2ccc(OCc3ccc(Cl)c(Cl)c3)cc2C2(CC2)C1. The lowest BCUT2D eigenvalue weighted by atomic mass is 9.86. The summed E-state index contributed by atoms with van der Waals surface area (Å²) in [6.07, 6.45) is 5.08. The van der Waals surface area contributed by atoms with Crippen molar-refractivity contribution in [1.82, 2.24) is 4.90 Å². The van der Waals surface area contributed by atoms with Gasteiger partial charge in [-0.1, -0.05) is 35.3 Å². The number of aliphatic hydroxyl groups is 1. The number of aliphatic hydroxyl groups excluding tert-OH is 1. The van der Waals surface area contributed by atoms with E-state index < -0.39 is 0 Å². The Morgan fingerprint density at radius 2 is 1.93 bits per heavy atom. The van der Waals surface area contributed by atoms with Crippen molar-refractivity contribution in [2.45, 2.75) is 44.2 Å². The minimum atomic E-state index is 0.289. The van der Waals surface area contributed by atoms with E-state index in [1.54, 1.807) is 6.07 Å². The number of aldehydes is 1. The molecule has 2 aromatic rings. The number of hydrogen-bond acceptors (Lipinski definition) is 4. The number of unbranched alkanes of at least 4 members (excludes halogenated alkanes) is 1. The molecule has 1 spiro atoms. The minimum Gasteiger partial charge on any atom is -0.489 e. The molecule has 0 unspecified atom stereocenters. The first-order valence-electron chi connectivity index (χ1n) is 9.90. The smallest absolute Gasteiger partial charge is 0.120 e. The minimum absolute atomic E-state index is 0.289. The van der Waals surface area contributed by atoms with Crippen LogP contribution in [0.25, 0.3) is 0 Å². The number of fused-ring (bicyclic) bond motifs is 2. The Morgan fingerprint density at radius 1 is 1.14 bits per heavy atom. The highest BCUT2D eigenvalue weighted by molar-refractivity contribution is 6.42. The molecule has 2 aromatic carbocycles. The predicted octanol–water partition coefficient (Wildman–Crippen LogP) is 5.01. The molecule has 1 fully saturated rings. The van der Waals surface area contributed by atoms with Crippen LogP contribution < -0.4 is 4.74 Å². The van der Waals surface area contributed by atoms with E-state index in [9.17, 15) is 4.79 Å². The maximum atomic E-state index is 10.6. The number of nitrogens with zero attached hydrogens (tertiary/aromatic N) is 1. The Balaban J connectivity index is 0.00000117. The number of halogens is 2. The molecule has 0 amide bonds. The lowest BCUT2D eigenvalue weighted by Crippen LogP contribution is -2.38. The molecule has 0 aromatic heterocycles. The van der Waals surface area contributed by atoms with Crippen molar-refractivity contribution in [3.05, 3.63) is 63.1 Å². The average Bonchev–Trinajstić information content (AvgIpc) is 3.51. The third kappa shape index (κ3) is 5.32. The Morgan fingerprint density at radius 3 is 2.62 bits per heavy atom. The molecule has 1 saturated carbocycles. The van der Waals surface area contributed by atoms with Gasteiger partial charge in [0.25, 0.3) is 0 Å². The lowest BCUT2D eigenvalue weighted by molar-refractivity contribution is -0.108. The molecule has 0 saturated heterocycles. The highest BCUT2D eigenvalue weighted by Crippen LogP contribution is 2.53. The second kappa shape index (κ2) is 9.94. The maximum Gasteiger partial charge on any atom is 0.120 e. The van der Waals surface area contributed by atoms with E-state index >= 15 is 0 Å². The molecular formula is C23H27Cl2NO3. The predicted molar refractivity (Wildman–Crippen MR) is 117 cm³/mol. The fourth-order valence-corrected chi connectivity index (χ4v) is 4.34. The summed E-state index contributed by atoms with van der Waals surface area (Å²) >= 11 is 12.1. The van der Waals surface area contributed by atoms with Crippen molar-refractivity contribution in [2.24, 2.45) is 0 Å². The first-order valence-corrected chi connectivity index (χ1v) is 10.7. The average molecular weight is 436 g/mol. The Kier molecular flexibility index (Phi) is 7.58. The fourth-order valence-electron chi connectivity index (χ4n) is 4.02. The number of ether oxygens (including phenoxy) is 1. The summed E-state index contributed by atoms with van der Waals surface area (Å²) in [7, 11) is 1.00. The Labute approximate surface area is 182 Å². The molecule has 6 heteroatoms. The van der Waals surface area contributed by atoms with E-state index in [4.69, 9.17) is 33.0 Å². The number of hydrogen-bond donors (Lipinski definition) is 1. The molecule has 0 radical (unpaired) electrons. The fraction of sp³-hybridized carbons (Fsp3) is 0.435. The van der Waals surface area contributed by atoms with Gasteiger partial charge in [0.1, 0.15) is 18.6 Å². The third-order valence-corrected chi connectivity index (χ3v) is 6.35. The number of benzene rings is 2. The maximum absolute atomic E-state index is 10.6. The van der Waals surface area contributed by atoms with Gasteiger partial charge in [-0.25, -0.2) is 0 Å². The van der Waals surface area contributed by atoms with Crippen LogP contribution in [-0.4, -0.2) is 36.5 Å². The Hall–Kier alpha value is -1.59. The van der Waals surface area contributed by atoms with Crippen molar-refractivity contribution in [1.29, 1.82) is 0 Å². The summed E-state index contributed by atoms with van der Waals surface area (Å²) in [4.78, 5) is 13.1. The number of rotatable bonds is 7. The van der Waals surface area contributed by atoms with Crippen molar-refractivity contribution < 1.29 is 14.6 Å². The van der Waals surface area contributed by atoms with Gasteiger partial charge in [0.2, 0.25) is 0 Å². The molecule has 1 N–H and O–H groups in total. The van der Waals surface area contributed by atoms with Crippen LogP contribution in [-0.2, 0) is 23.4 Å². The van der Waals surface area contributed by atoms with Crippen LogP contribution in [0.3, 0.4) is 0 Å². The van der Waals surface area contributed by atoms with Crippen LogP contribution in [0, 0.1) is 0 Å². The van der Waals surface area contributed by atoms with E-state index in [0.717, 1.165) is 50.8 Å². The molecule has 1 aliphatic carbocycles. The first kappa shape index (κ1) is 22.1. The van der Waals surface area contributed by atoms with Gasteiger partial charge in [-0.15, -0.1) is 0 Å². The molecule has 0 bridgehead atoms. The number of carbonyl (C=O) groups excluding carboxylic acids is 1. The van der Waals surface area contributed by atoms with Crippen LogP contribution in [0.15, 0.2) is 36.4 Å². The van der Waals surface area contributed by atoms with Gasteiger partial charge in [-0.05, 0) is 66.8 Å². The van der Waals surface area contributed by atoms with Gasteiger partial charge in [0.15, 0.2) is 0 Å². The normalized spacial score (nSPS) is 16.6. The van der Waals surface area contributed by atoms with Gasteiger partial charge < -0.3 is 14.6 Å². The van der Waals surface area contributed by atoms with Gasteiger partial charge in [0, 0.05) is 32.0 Å². The summed E-state index contributed by atoms with van der Waals surface area (Å²) in [5, 5.41) is 8.11. The second-order valence-electron chi connectivity index (χ2n) is 7.66. The van der Waals surface area contributed by atoms with Gasteiger partial charge in [-0.3, -0.25) is 4.90 Å². The zero-order chi connectivity index (χ0) is 20.9. The molecule has 2 aliphatic rings. The molecule has 156 valence electrons. The van der Waals surface area contributed by atoms with Crippen LogP contribution in [0.1, 0.15) is 42.4 Å². The number of carbonyl (C=O) groups is 1. The molecule has 4 rings (SSSR count). The zero-order valence-electron chi connectivity index (χ0n) is 16.7. The van der Waals surface area contributed by atoms with Gasteiger partial charge >= 0.3 is 0 Å². The third-order valence-electron chi connectivity index (χ3n) is 5.61. The van der Waals surface area contributed by atoms with Crippen LogP contribution >= 0.6 is 23.2 Å². The highest BCUT2D eigenvalue weighted by Gasteiger charge is 2.48. The summed E-state index contributed by atoms with van der Waals surface area (Å²) in [5.41, 5.74) is 4.13. The monoisotopic (exact) mass is 435 g/mol. The Bertz CT molecular complexity index is 852. The highest BCUT2D eigenvalue weighted by atomic mass is 35.5. The van der Waals surface area contributed by atoms with Crippen LogP contribution in [0.5, 0.6) is 5.75 Å². The van der Waals surface area contributed by atoms with E-state index in [2.05, 4.69) is 23.1 Å². The van der Waals surface area contributed by atoms with Crippen molar-refractivity contribution >= 4 is 29.5 Å². The van der Waals surface area contributed by atoms with Crippen LogP contribution in [0.2, 0.25) is 10.0 Å². The van der Waals surface area contributed by atoms with Gasteiger partial charge in [-0.2, -0.15) is 0 Å². The standard InChI is InChI=1S/C22H23Cl2NO2.CH4O/c23-20-6-3-16(11-21(20)24)14-27-18-5-4-17-13-25(9-1-2-10-26)15-22(7-8-22)19(17)12-18;1-2/h3-6,10-12H,1-2,7-9,13-15H2;2H,1H3. The molecule has 0 atom stereocenters. The lowest BCUT2D eigenvalue weighted by Gasteiger charge is -2.35. The summed E-state index contributed by atoms with van der Waals surface area (Å²) in [6.45, 7) is 3.52. The van der Waals surface area contributed by atoms with E-state index in [1.807, 2.05) is 12.1 Å². The molecule has 29 heavy (non-hydrogen) atoms. The first-order chi connectivity index (χ1) is 14.1. The van der Waals surface area contributed by atoms with E-state index in [0.29, 0.717) is 23.1 Å². The molecular weight excluding hydrogens is 409 g/mol. The molecule has 1 aliphatic heterocycles. The summed E-state index contributed by atoms with van der Waals surface area (Å²) in [5.74, 6) is 0.903. The van der Waals surface area contributed by atoms with Crippen LogP contribution in [0.4, 0.5) is 0 Å². The molecule has 4 nitrogen and oxygen atoms in total. The quantitative estimate of drug-likeness (QED) is 0.490. The summed E-state index contributed by atoms with van der Waals surface area (Å²) < 4.78 is 6.03. The van der Waals surface area contributed by atoms with E-state index in [-0.39, 0.29) is 5.41 Å². The topological polar surface area (TPSA) is 49.8 Å².